The number of rotatable bonds is 5. The van der Waals surface area contributed by atoms with Crippen LogP contribution in [0.3, 0.4) is 0 Å². The fraction of sp³-hybridized carbons (Fsp3) is 0.400. The number of aryl methyl sites for hydroxylation is 2. The molecule has 9 nitrogen and oxygen atoms in total. The Kier molecular flexibility index (Phi) is 5.41. The highest BCUT2D eigenvalue weighted by atomic mass is 16.5. The van der Waals surface area contributed by atoms with E-state index in [9.17, 15) is 9.59 Å². The minimum atomic E-state index is -0.219. The van der Waals surface area contributed by atoms with Crippen molar-refractivity contribution in [2.24, 2.45) is 0 Å². The summed E-state index contributed by atoms with van der Waals surface area (Å²) in [6.07, 6.45) is 1.94. The minimum Gasteiger partial charge on any atom is -0.379 e. The summed E-state index contributed by atoms with van der Waals surface area (Å²) in [6, 6.07) is 5.23. The van der Waals surface area contributed by atoms with Gasteiger partial charge >= 0.3 is 0 Å². The number of ether oxygens (including phenoxy) is 1. The molecule has 4 rings (SSSR count). The number of aromatic amines is 1. The van der Waals surface area contributed by atoms with Gasteiger partial charge in [-0.2, -0.15) is 0 Å². The van der Waals surface area contributed by atoms with E-state index in [1.807, 2.05) is 26.0 Å². The summed E-state index contributed by atoms with van der Waals surface area (Å²) >= 11 is 0. The van der Waals surface area contributed by atoms with Gasteiger partial charge in [-0.3, -0.25) is 19.6 Å². The number of carbonyl (C=O) groups excluding carboxylic acids is 1. The van der Waals surface area contributed by atoms with E-state index >= 15 is 0 Å². The van der Waals surface area contributed by atoms with Gasteiger partial charge in [0.2, 0.25) is 5.91 Å². The van der Waals surface area contributed by atoms with Crippen LogP contribution < -0.4 is 10.9 Å². The molecule has 1 saturated heterocycles. The lowest BCUT2D eigenvalue weighted by Crippen LogP contribution is -2.35. The molecule has 3 aromatic rings. The Hall–Kier alpha value is -3.04. The lowest BCUT2D eigenvalue weighted by molar-refractivity contribution is -0.115. The molecule has 0 aliphatic carbocycles. The molecule has 0 saturated carbocycles. The van der Waals surface area contributed by atoms with E-state index in [1.54, 1.807) is 10.7 Å². The van der Waals surface area contributed by atoms with Gasteiger partial charge in [-0.1, -0.05) is 6.07 Å². The zero-order valence-electron chi connectivity index (χ0n) is 16.6. The third-order valence-corrected chi connectivity index (χ3v) is 5.14. The van der Waals surface area contributed by atoms with Crippen LogP contribution >= 0.6 is 0 Å². The highest BCUT2D eigenvalue weighted by molar-refractivity contribution is 5.91. The minimum absolute atomic E-state index is 0.151. The number of fused-ring (bicyclic) bond motifs is 1. The second-order valence-electron chi connectivity index (χ2n) is 7.24. The van der Waals surface area contributed by atoms with Crippen molar-refractivity contribution in [3.63, 3.8) is 0 Å². The largest absolute Gasteiger partial charge is 0.379 e. The summed E-state index contributed by atoms with van der Waals surface area (Å²) < 4.78 is 6.97. The maximum absolute atomic E-state index is 12.5. The first-order valence-electron chi connectivity index (χ1n) is 9.62. The van der Waals surface area contributed by atoms with E-state index in [1.165, 1.54) is 6.07 Å². The van der Waals surface area contributed by atoms with Gasteiger partial charge in [0.05, 0.1) is 19.6 Å². The summed E-state index contributed by atoms with van der Waals surface area (Å²) in [4.78, 5) is 35.2. The quantitative estimate of drug-likeness (QED) is 0.668. The highest BCUT2D eigenvalue weighted by Gasteiger charge is 2.15. The first-order valence-corrected chi connectivity index (χ1v) is 9.62. The zero-order chi connectivity index (χ0) is 20.4. The number of nitrogens with one attached hydrogen (secondary N) is 2. The topological polar surface area (TPSA) is 105 Å². The van der Waals surface area contributed by atoms with Crippen LogP contribution in [0.5, 0.6) is 0 Å². The monoisotopic (exact) mass is 396 g/mol. The molecule has 1 aliphatic rings. The fourth-order valence-electron chi connectivity index (χ4n) is 3.57. The number of amides is 1. The van der Waals surface area contributed by atoms with Crippen molar-refractivity contribution in [1.29, 1.82) is 0 Å². The summed E-state index contributed by atoms with van der Waals surface area (Å²) in [7, 11) is 0. The van der Waals surface area contributed by atoms with Crippen LogP contribution in [0.15, 0.2) is 29.2 Å². The molecule has 1 amide bonds. The molecule has 9 heteroatoms. The predicted molar refractivity (Wildman–Crippen MR) is 108 cm³/mol. The Morgan fingerprint density at radius 2 is 2.07 bits per heavy atom. The fourth-order valence-corrected chi connectivity index (χ4v) is 3.57. The van der Waals surface area contributed by atoms with Gasteiger partial charge in [0.25, 0.3) is 5.56 Å². The molecule has 0 radical (unpaired) electrons. The van der Waals surface area contributed by atoms with Crippen LogP contribution in [0, 0.1) is 13.8 Å². The van der Waals surface area contributed by atoms with E-state index < -0.39 is 0 Å². The van der Waals surface area contributed by atoms with E-state index in [-0.39, 0.29) is 17.9 Å². The molecule has 0 unspecified atom stereocenters. The van der Waals surface area contributed by atoms with Crippen LogP contribution in [0.4, 0.5) is 5.82 Å². The average molecular weight is 396 g/mol. The summed E-state index contributed by atoms with van der Waals surface area (Å²) in [5.41, 5.74) is 3.73. The Labute approximate surface area is 167 Å². The molecule has 0 bridgehead atoms. The van der Waals surface area contributed by atoms with E-state index in [0.29, 0.717) is 11.5 Å². The second kappa shape index (κ2) is 8.14. The van der Waals surface area contributed by atoms with Crippen molar-refractivity contribution < 1.29 is 9.53 Å². The molecule has 3 aromatic heterocycles. The van der Waals surface area contributed by atoms with Gasteiger partial charge < -0.3 is 10.1 Å². The number of H-pyrrole nitrogens is 1. The highest BCUT2D eigenvalue weighted by Crippen LogP contribution is 2.15. The first kappa shape index (κ1) is 19.3. The SMILES string of the molecule is Cc1nc2cc(=O)[nH]n2c(C)c1CC(=O)Nc1ccc(CN2CCOCC2)cn1. The number of aromatic nitrogens is 4. The van der Waals surface area contributed by atoms with Gasteiger partial charge in [0.1, 0.15) is 5.82 Å². The Balaban J connectivity index is 1.42. The van der Waals surface area contributed by atoms with Crippen molar-refractivity contribution in [2.45, 2.75) is 26.8 Å². The number of carbonyl (C=O) groups is 1. The first-order chi connectivity index (χ1) is 14.0. The smallest absolute Gasteiger partial charge is 0.266 e. The molecule has 0 atom stereocenters. The van der Waals surface area contributed by atoms with Crippen LogP contribution in [-0.2, 0) is 22.5 Å². The average Bonchev–Trinajstić information content (AvgIpc) is 3.08. The molecule has 152 valence electrons. The van der Waals surface area contributed by atoms with E-state index in [4.69, 9.17) is 4.74 Å². The standard InChI is InChI=1S/C20H24N6O3/c1-13-16(14(2)26-18(22-13)10-20(28)24-26)9-19(27)23-17-4-3-15(11-21-17)12-25-5-7-29-8-6-25/h3-4,10-11H,5-9,12H2,1-2H3,(H,24,28)(H,21,23,27). The molecule has 1 fully saturated rings. The number of anilines is 1. The molecular weight excluding hydrogens is 372 g/mol. The van der Waals surface area contributed by atoms with Crippen molar-refractivity contribution >= 4 is 17.4 Å². The van der Waals surface area contributed by atoms with Crippen LogP contribution in [0.25, 0.3) is 5.65 Å². The lowest BCUT2D eigenvalue weighted by atomic mass is 10.1. The molecule has 29 heavy (non-hydrogen) atoms. The molecule has 1 aliphatic heterocycles. The van der Waals surface area contributed by atoms with E-state index in [0.717, 1.165) is 55.4 Å². The Bertz CT molecular complexity index is 1080. The van der Waals surface area contributed by atoms with Crippen molar-refractivity contribution in [2.75, 3.05) is 31.6 Å². The molecule has 0 aromatic carbocycles. The Morgan fingerprint density at radius 3 is 2.79 bits per heavy atom. The van der Waals surface area contributed by atoms with Gasteiger partial charge in [-0.05, 0) is 25.5 Å². The zero-order valence-corrected chi connectivity index (χ0v) is 16.6. The molecule has 2 N–H and O–H groups in total. The molecule has 0 spiro atoms. The number of nitrogens with zero attached hydrogens (tertiary/aromatic N) is 4. The summed E-state index contributed by atoms with van der Waals surface area (Å²) in [6.45, 7) is 7.88. The van der Waals surface area contributed by atoms with Crippen LogP contribution in [0.2, 0.25) is 0 Å². The normalized spacial score (nSPS) is 15.0. The van der Waals surface area contributed by atoms with Gasteiger partial charge in [-0.25, -0.2) is 14.5 Å². The van der Waals surface area contributed by atoms with Gasteiger partial charge in [0, 0.05) is 48.8 Å². The summed E-state index contributed by atoms with van der Waals surface area (Å²) in [5.74, 6) is 0.333. The maximum Gasteiger partial charge on any atom is 0.266 e. The molecular formula is C20H24N6O3. The van der Waals surface area contributed by atoms with Crippen molar-refractivity contribution in [3.8, 4) is 0 Å². The lowest BCUT2D eigenvalue weighted by Gasteiger charge is -2.26. The number of hydrogen-bond donors (Lipinski definition) is 2. The van der Waals surface area contributed by atoms with E-state index in [2.05, 4.69) is 25.3 Å². The second-order valence-corrected chi connectivity index (χ2v) is 7.24. The van der Waals surface area contributed by atoms with Gasteiger partial charge in [-0.15, -0.1) is 0 Å². The number of hydrogen-bond acceptors (Lipinski definition) is 6. The third kappa shape index (κ3) is 4.36. The number of morpholine rings is 1. The van der Waals surface area contributed by atoms with Crippen LogP contribution in [0.1, 0.15) is 22.5 Å². The summed E-state index contributed by atoms with van der Waals surface area (Å²) in [5, 5.41) is 5.54. The predicted octanol–water partition coefficient (Wildman–Crippen LogP) is 1.05. The number of pyridine rings is 1. The molecule has 4 heterocycles. The van der Waals surface area contributed by atoms with Gasteiger partial charge in [0.15, 0.2) is 5.65 Å². The van der Waals surface area contributed by atoms with Crippen molar-refractivity contribution in [3.05, 3.63) is 57.3 Å². The van der Waals surface area contributed by atoms with Crippen LogP contribution in [-0.4, -0.2) is 56.7 Å². The third-order valence-electron chi connectivity index (χ3n) is 5.14. The van der Waals surface area contributed by atoms with Crippen molar-refractivity contribution in [1.82, 2.24) is 24.5 Å². The maximum atomic E-state index is 12.5. The Morgan fingerprint density at radius 1 is 1.28 bits per heavy atom.